The molecule has 8 nitrogen and oxygen atoms in total. The van der Waals surface area contributed by atoms with E-state index < -0.39 is 24.1 Å². The Bertz CT molecular complexity index is 1190. The first kappa shape index (κ1) is 74.1. The molecule has 0 amide bonds. The van der Waals surface area contributed by atoms with Crippen LogP contribution in [0.5, 0.6) is 0 Å². The van der Waals surface area contributed by atoms with Crippen LogP contribution in [-0.4, -0.2) is 78.5 Å². The summed E-state index contributed by atoms with van der Waals surface area (Å²) in [5.41, 5.74) is 3.08. The summed E-state index contributed by atoms with van der Waals surface area (Å²) >= 11 is 0. The van der Waals surface area contributed by atoms with Crippen molar-refractivity contribution >= 4 is 11.9 Å². The van der Waals surface area contributed by atoms with Crippen molar-refractivity contribution in [3.8, 4) is 0 Å². The number of rotatable bonds is 50. The molecule has 8 heteroatoms. The van der Waals surface area contributed by atoms with Crippen LogP contribution in [0.2, 0.25) is 0 Å². The zero-order valence-corrected chi connectivity index (χ0v) is 51.0. The van der Waals surface area contributed by atoms with Crippen molar-refractivity contribution in [1.29, 1.82) is 0 Å². The summed E-state index contributed by atoms with van der Waals surface area (Å²) in [5.74, 6) is -2.37. The van der Waals surface area contributed by atoms with Crippen LogP contribution in [0, 0.1) is 0 Å². The molecule has 0 heterocycles. The lowest BCUT2D eigenvalue weighted by Gasteiger charge is -2.36. The molecule has 0 aliphatic heterocycles. The third kappa shape index (κ3) is 47.2. The Morgan fingerprint density at radius 2 is 0.527 bits per heavy atom. The second kappa shape index (κ2) is 54.4. The predicted molar refractivity (Wildman–Crippen MR) is 321 cm³/mol. The van der Waals surface area contributed by atoms with E-state index >= 15 is 0 Å². The number of aliphatic hydroxyl groups is 2. The fourth-order valence-corrected chi connectivity index (χ4v) is 10.4. The SMILES string of the molecule is CC(O)C(=O)O.CC(O)C(=O)O.CCCCCCCCCCCC(C)N(Cc1cccc(CN(C(C)CCCCCCCCCCC)C(C)CCCCCCCCCCC)c1)C(C)CCCCCCCCCCC. The van der Waals surface area contributed by atoms with Gasteiger partial charge in [0.2, 0.25) is 0 Å². The Labute approximate surface area is 460 Å². The molecule has 0 aliphatic rings. The molecule has 0 aromatic heterocycles. The van der Waals surface area contributed by atoms with Crippen LogP contribution < -0.4 is 0 Å². The molecule has 0 saturated carbocycles. The van der Waals surface area contributed by atoms with E-state index in [9.17, 15) is 9.59 Å². The largest absolute Gasteiger partial charge is 0.479 e. The molecular formula is C66H128N2O6. The first-order valence-corrected chi connectivity index (χ1v) is 32.1. The van der Waals surface area contributed by atoms with Crippen LogP contribution in [0.1, 0.15) is 337 Å². The number of benzene rings is 1. The molecular weight excluding hydrogens is 917 g/mol. The highest BCUT2D eigenvalue weighted by atomic mass is 16.4. The molecule has 0 radical (unpaired) electrons. The molecule has 4 N–H and O–H groups in total. The van der Waals surface area contributed by atoms with Gasteiger partial charge in [-0.25, -0.2) is 9.59 Å². The van der Waals surface area contributed by atoms with Crippen LogP contribution in [0.25, 0.3) is 0 Å². The van der Waals surface area contributed by atoms with Crippen LogP contribution >= 0.6 is 0 Å². The molecule has 1 aromatic rings. The molecule has 6 unspecified atom stereocenters. The van der Waals surface area contributed by atoms with Crippen LogP contribution in [0.4, 0.5) is 0 Å². The third-order valence-corrected chi connectivity index (χ3v) is 15.6. The number of carboxylic acids is 2. The van der Waals surface area contributed by atoms with Gasteiger partial charge >= 0.3 is 11.9 Å². The Hall–Kier alpha value is -2.00. The highest BCUT2D eigenvalue weighted by Gasteiger charge is 2.23. The van der Waals surface area contributed by atoms with E-state index in [-0.39, 0.29) is 0 Å². The van der Waals surface area contributed by atoms with Gasteiger partial charge in [-0.15, -0.1) is 0 Å². The third-order valence-electron chi connectivity index (χ3n) is 15.6. The number of hydrogen-bond donors (Lipinski definition) is 4. The van der Waals surface area contributed by atoms with Crippen LogP contribution in [0.3, 0.4) is 0 Å². The minimum atomic E-state index is -1.23. The average molecular weight is 1050 g/mol. The van der Waals surface area contributed by atoms with Gasteiger partial charge in [0.05, 0.1) is 0 Å². The maximum absolute atomic E-state index is 9.45. The number of carboxylic acid groups (broad SMARTS) is 2. The molecule has 6 atom stereocenters. The number of carbonyl (C=O) groups is 2. The number of hydrogen-bond acceptors (Lipinski definition) is 6. The van der Waals surface area contributed by atoms with Gasteiger partial charge in [-0.1, -0.05) is 283 Å². The van der Waals surface area contributed by atoms with Gasteiger partial charge in [0.25, 0.3) is 0 Å². The molecule has 0 bridgehead atoms. The molecule has 0 fully saturated rings. The van der Waals surface area contributed by atoms with Crippen LogP contribution in [-0.2, 0) is 22.7 Å². The second-order valence-electron chi connectivity index (χ2n) is 23.1. The average Bonchev–Trinajstić information content (AvgIpc) is 3.37. The van der Waals surface area contributed by atoms with Crippen molar-refractivity contribution in [3.63, 3.8) is 0 Å². The summed E-state index contributed by atoms with van der Waals surface area (Å²) in [6.45, 7) is 24.2. The number of aliphatic carboxylic acids is 2. The highest BCUT2D eigenvalue weighted by molar-refractivity contribution is 5.71. The number of nitrogens with zero attached hydrogens (tertiary/aromatic N) is 2. The first-order valence-electron chi connectivity index (χ1n) is 32.1. The fraction of sp³-hybridized carbons (Fsp3) is 0.879. The molecule has 74 heavy (non-hydrogen) atoms. The molecule has 0 aliphatic carbocycles. The van der Waals surface area contributed by atoms with Crippen LogP contribution in [0.15, 0.2) is 24.3 Å². The summed E-state index contributed by atoms with van der Waals surface area (Å²) in [5, 5.41) is 31.5. The second-order valence-corrected chi connectivity index (χ2v) is 23.1. The smallest absolute Gasteiger partial charge is 0.332 e. The lowest BCUT2D eigenvalue weighted by Crippen LogP contribution is -2.40. The van der Waals surface area contributed by atoms with Gasteiger partial charge < -0.3 is 20.4 Å². The molecule has 438 valence electrons. The Balaban J connectivity index is 0. The first-order chi connectivity index (χ1) is 35.7. The monoisotopic (exact) mass is 1040 g/mol. The summed E-state index contributed by atoms with van der Waals surface area (Å²) in [6.07, 6.45) is 54.0. The fourth-order valence-electron chi connectivity index (χ4n) is 10.4. The molecule has 1 rings (SSSR count). The van der Waals surface area contributed by atoms with E-state index in [2.05, 4.69) is 89.5 Å². The summed E-state index contributed by atoms with van der Waals surface area (Å²) in [6, 6.07) is 12.5. The zero-order chi connectivity index (χ0) is 55.5. The van der Waals surface area contributed by atoms with Crippen molar-refractivity contribution in [1.82, 2.24) is 9.80 Å². The van der Waals surface area contributed by atoms with Crippen molar-refractivity contribution < 1.29 is 30.0 Å². The van der Waals surface area contributed by atoms with E-state index in [1.807, 2.05) is 0 Å². The van der Waals surface area contributed by atoms with Gasteiger partial charge in [0.1, 0.15) is 12.2 Å². The minimum Gasteiger partial charge on any atom is -0.479 e. The van der Waals surface area contributed by atoms with E-state index in [4.69, 9.17) is 20.4 Å². The predicted octanol–water partition coefficient (Wildman–Crippen LogP) is 19.4. The van der Waals surface area contributed by atoms with E-state index in [1.54, 1.807) is 11.1 Å². The molecule has 0 saturated heterocycles. The molecule has 0 spiro atoms. The van der Waals surface area contributed by atoms with Gasteiger partial charge in [0, 0.05) is 37.3 Å². The summed E-state index contributed by atoms with van der Waals surface area (Å²) < 4.78 is 0. The lowest BCUT2D eigenvalue weighted by molar-refractivity contribution is -0.146. The topological polar surface area (TPSA) is 122 Å². The standard InChI is InChI=1S/C60H116N2.2C3H6O3/c1-9-13-17-21-25-29-33-37-41-46-55(5)61(56(6)47-42-38-34-30-26-22-18-14-10-2)53-59-50-45-51-60(52-59)54-62(57(7)48-43-39-35-31-27-23-19-15-11-3)58(8)49-44-40-36-32-28-24-20-16-12-4;2*1-2(4)3(5)6/h45,50-52,55-58H,9-44,46-49,53-54H2,1-8H3;2*2,4H,1H3,(H,5,6). The highest BCUT2D eigenvalue weighted by Crippen LogP contribution is 2.25. The number of aliphatic hydroxyl groups excluding tert-OH is 2. The minimum absolute atomic E-state index is 0.640. The summed E-state index contributed by atoms with van der Waals surface area (Å²) in [4.78, 5) is 24.7. The number of unbranched alkanes of at least 4 members (excludes halogenated alkanes) is 32. The zero-order valence-electron chi connectivity index (χ0n) is 51.0. The van der Waals surface area contributed by atoms with E-state index in [0.29, 0.717) is 24.2 Å². The van der Waals surface area contributed by atoms with Crippen molar-refractivity contribution in [2.45, 2.75) is 376 Å². The Kier molecular flexibility index (Phi) is 54.4. The normalized spacial score (nSPS) is 13.9. The molecule has 1 aromatic carbocycles. The van der Waals surface area contributed by atoms with Gasteiger partial charge in [-0.05, 0) is 78.4 Å². The van der Waals surface area contributed by atoms with E-state index in [1.165, 1.54) is 271 Å². The van der Waals surface area contributed by atoms with Crippen molar-refractivity contribution in [2.75, 3.05) is 0 Å². The maximum atomic E-state index is 9.45. The Morgan fingerprint density at radius 1 is 0.351 bits per heavy atom. The quantitative estimate of drug-likeness (QED) is 0.0476. The maximum Gasteiger partial charge on any atom is 0.332 e. The summed E-state index contributed by atoms with van der Waals surface area (Å²) in [7, 11) is 0. The Morgan fingerprint density at radius 3 is 0.703 bits per heavy atom. The lowest BCUT2D eigenvalue weighted by atomic mass is 9.99. The van der Waals surface area contributed by atoms with E-state index in [0.717, 1.165) is 13.1 Å². The van der Waals surface area contributed by atoms with Crippen molar-refractivity contribution in [2.24, 2.45) is 0 Å². The van der Waals surface area contributed by atoms with Gasteiger partial charge in [-0.3, -0.25) is 9.80 Å². The van der Waals surface area contributed by atoms with Gasteiger partial charge in [-0.2, -0.15) is 0 Å². The van der Waals surface area contributed by atoms with Gasteiger partial charge in [0.15, 0.2) is 0 Å². The van der Waals surface area contributed by atoms with Crippen molar-refractivity contribution in [3.05, 3.63) is 35.4 Å².